The number of pyridine rings is 2. The molecule has 3 rings (SSSR count). The number of hydrogen-bond donors (Lipinski definition) is 0. The van der Waals surface area contributed by atoms with Crippen LogP contribution >= 0.6 is 0 Å². The molecule has 5 nitrogen and oxygen atoms in total. The second-order valence-electron chi connectivity index (χ2n) is 7.80. The van der Waals surface area contributed by atoms with Gasteiger partial charge in [-0.15, -0.1) is 4.91 Å². The molecular formula is C21H28N4O. The maximum atomic E-state index is 10.7. The molecule has 0 aliphatic carbocycles. The number of nitrogens with zero attached hydrogens (tertiary/aromatic N) is 4. The molecule has 1 saturated heterocycles. The van der Waals surface area contributed by atoms with Crippen LogP contribution in [0.1, 0.15) is 51.8 Å². The summed E-state index contributed by atoms with van der Waals surface area (Å²) in [5.74, 6) is 0. The molecule has 0 radical (unpaired) electrons. The molecule has 1 aliphatic heterocycles. The van der Waals surface area contributed by atoms with E-state index in [-0.39, 0.29) is 0 Å². The van der Waals surface area contributed by atoms with Gasteiger partial charge in [0, 0.05) is 30.5 Å². The van der Waals surface area contributed by atoms with Gasteiger partial charge in [-0.1, -0.05) is 27.7 Å². The van der Waals surface area contributed by atoms with Crippen LogP contribution in [0.3, 0.4) is 0 Å². The Bertz CT molecular complexity index is 773. The summed E-state index contributed by atoms with van der Waals surface area (Å²) in [6.07, 6.45) is 7.72. The van der Waals surface area contributed by atoms with Crippen LogP contribution in [0.5, 0.6) is 0 Å². The van der Waals surface area contributed by atoms with E-state index in [1.165, 1.54) is 36.0 Å². The predicted molar refractivity (Wildman–Crippen MR) is 107 cm³/mol. The third kappa shape index (κ3) is 3.62. The van der Waals surface area contributed by atoms with Gasteiger partial charge in [0.15, 0.2) is 0 Å². The van der Waals surface area contributed by atoms with E-state index >= 15 is 0 Å². The molecule has 0 saturated carbocycles. The van der Waals surface area contributed by atoms with Gasteiger partial charge in [0.1, 0.15) is 5.69 Å². The van der Waals surface area contributed by atoms with Crippen molar-refractivity contribution in [3.05, 3.63) is 40.7 Å². The number of nitroso groups, excluding NO2 is 1. The third-order valence-corrected chi connectivity index (χ3v) is 5.49. The van der Waals surface area contributed by atoms with Crippen molar-refractivity contribution in [3.63, 3.8) is 0 Å². The van der Waals surface area contributed by atoms with E-state index in [1.54, 1.807) is 6.07 Å². The van der Waals surface area contributed by atoms with E-state index in [9.17, 15) is 4.91 Å². The highest BCUT2D eigenvalue weighted by atomic mass is 16.3. The smallest absolute Gasteiger partial charge is 0.126 e. The molecule has 3 heterocycles. The second kappa shape index (κ2) is 7.52. The molecule has 1 fully saturated rings. The lowest BCUT2D eigenvalue weighted by molar-refractivity contribution is 0.279. The fraction of sp³-hybridized carbons (Fsp3) is 0.524. The first kappa shape index (κ1) is 18.5. The van der Waals surface area contributed by atoms with Gasteiger partial charge in [0.2, 0.25) is 0 Å². The summed E-state index contributed by atoms with van der Waals surface area (Å²) in [4.78, 5) is 22.4. The summed E-state index contributed by atoms with van der Waals surface area (Å²) in [6, 6.07) is 3.59. The lowest BCUT2D eigenvalue weighted by Crippen LogP contribution is -2.38. The second-order valence-corrected chi connectivity index (χ2v) is 7.80. The average Bonchev–Trinajstić information content (AvgIpc) is 2.67. The van der Waals surface area contributed by atoms with Gasteiger partial charge in [-0.2, -0.15) is 0 Å². The molecule has 0 aromatic carbocycles. The normalized spacial score (nSPS) is 16.5. The summed E-state index contributed by atoms with van der Waals surface area (Å²) in [7, 11) is 0. The van der Waals surface area contributed by atoms with Crippen LogP contribution < -0.4 is 4.90 Å². The standard InChI is InChI=1S/C21H28N4O/c1-5-16-18(6-2)23-14-17(19-8-7-15(24-26)13-22-19)20(16)25-11-9-21(3,4)10-12-25/h7-8,13-14H,5-6,9-12H2,1-4H3. The summed E-state index contributed by atoms with van der Waals surface area (Å²) >= 11 is 0. The molecule has 5 heteroatoms. The fourth-order valence-corrected chi connectivity index (χ4v) is 3.74. The largest absolute Gasteiger partial charge is 0.371 e. The van der Waals surface area contributed by atoms with E-state index in [4.69, 9.17) is 4.98 Å². The monoisotopic (exact) mass is 352 g/mol. The maximum Gasteiger partial charge on any atom is 0.126 e. The molecule has 0 amide bonds. The van der Waals surface area contributed by atoms with E-state index in [1.807, 2.05) is 12.3 Å². The molecule has 0 spiro atoms. The number of aryl methyl sites for hydroxylation is 1. The van der Waals surface area contributed by atoms with Crippen molar-refractivity contribution in [1.29, 1.82) is 0 Å². The van der Waals surface area contributed by atoms with Crippen LogP contribution in [0.4, 0.5) is 11.4 Å². The van der Waals surface area contributed by atoms with Gasteiger partial charge < -0.3 is 4.90 Å². The quantitative estimate of drug-likeness (QED) is 0.686. The molecule has 0 bridgehead atoms. The number of hydrogen-bond acceptors (Lipinski definition) is 5. The number of anilines is 1. The molecular weight excluding hydrogens is 324 g/mol. The first-order valence-electron chi connectivity index (χ1n) is 9.54. The Labute approximate surface area is 155 Å². The van der Waals surface area contributed by atoms with Crippen LogP contribution in [0.15, 0.2) is 29.7 Å². The minimum absolute atomic E-state index is 0.351. The first-order chi connectivity index (χ1) is 12.5. The zero-order valence-corrected chi connectivity index (χ0v) is 16.2. The number of piperidine rings is 1. The van der Waals surface area contributed by atoms with Crippen LogP contribution in [-0.2, 0) is 12.8 Å². The Morgan fingerprint density at radius 2 is 1.81 bits per heavy atom. The zero-order valence-electron chi connectivity index (χ0n) is 16.2. The molecule has 2 aromatic rings. The van der Waals surface area contributed by atoms with Crippen LogP contribution in [0.2, 0.25) is 0 Å². The summed E-state index contributed by atoms with van der Waals surface area (Å²) in [6.45, 7) is 11.2. The van der Waals surface area contributed by atoms with E-state index in [0.717, 1.165) is 37.2 Å². The Balaban J connectivity index is 2.10. The molecule has 2 aromatic heterocycles. The Kier molecular flexibility index (Phi) is 5.35. The topological polar surface area (TPSA) is 58.5 Å². The highest BCUT2D eigenvalue weighted by molar-refractivity contribution is 5.79. The highest BCUT2D eigenvalue weighted by Gasteiger charge is 2.28. The molecule has 0 unspecified atom stereocenters. The predicted octanol–water partition coefficient (Wildman–Crippen LogP) is 5.29. The van der Waals surface area contributed by atoms with Crippen LogP contribution in [0.25, 0.3) is 11.3 Å². The lowest BCUT2D eigenvalue weighted by atomic mass is 9.82. The van der Waals surface area contributed by atoms with Crippen LogP contribution in [0, 0.1) is 10.3 Å². The molecule has 0 atom stereocenters. The summed E-state index contributed by atoms with van der Waals surface area (Å²) in [5.41, 5.74) is 6.42. The van der Waals surface area contributed by atoms with Crippen molar-refractivity contribution in [2.24, 2.45) is 10.6 Å². The van der Waals surface area contributed by atoms with Crippen molar-refractivity contribution in [1.82, 2.24) is 9.97 Å². The van der Waals surface area contributed by atoms with Gasteiger partial charge in [0.25, 0.3) is 0 Å². The van der Waals surface area contributed by atoms with Gasteiger partial charge in [0.05, 0.1) is 17.6 Å². The Morgan fingerprint density at radius 3 is 2.35 bits per heavy atom. The number of aromatic nitrogens is 2. The van der Waals surface area contributed by atoms with Gasteiger partial charge in [-0.3, -0.25) is 9.97 Å². The molecule has 0 N–H and O–H groups in total. The fourth-order valence-electron chi connectivity index (χ4n) is 3.74. The van der Waals surface area contributed by atoms with Crippen molar-refractivity contribution in [2.45, 2.75) is 53.4 Å². The van der Waals surface area contributed by atoms with Gasteiger partial charge in [-0.25, -0.2) is 0 Å². The van der Waals surface area contributed by atoms with Crippen molar-refractivity contribution in [3.8, 4) is 11.3 Å². The third-order valence-electron chi connectivity index (χ3n) is 5.49. The Morgan fingerprint density at radius 1 is 1.08 bits per heavy atom. The average molecular weight is 352 g/mol. The van der Waals surface area contributed by atoms with Gasteiger partial charge in [-0.05, 0) is 54.0 Å². The van der Waals surface area contributed by atoms with Crippen molar-refractivity contribution >= 4 is 11.4 Å². The van der Waals surface area contributed by atoms with E-state index in [0.29, 0.717) is 11.1 Å². The first-order valence-corrected chi connectivity index (χ1v) is 9.54. The minimum Gasteiger partial charge on any atom is -0.371 e. The highest BCUT2D eigenvalue weighted by Crippen LogP contribution is 2.39. The Hall–Kier alpha value is -2.30. The summed E-state index contributed by atoms with van der Waals surface area (Å²) < 4.78 is 0. The lowest BCUT2D eigenvalue weighted by Gasteiger charge is -2.40. The number of rotatable bonds is 5. The molecule has 26 heavy (non-hydrogen) atoms. The maximum absolute atomic E-state index is 10.7. The van der Waals surface area contributed by atoms with Crippen LogP contribution in [-0.4, -0.2) is 23.1 Å². The summed E-state index contributed by atoms with van der Waals surface area (Å²) in [5, 5.41) is 2.96. The van der Waals surface area contributed by atoms with Crippen molar-refractivity contribution < 1.29 is 0 Å². The zero-order chi connectivity index (χ0) is 18.7. The van der Waals surface area contributed by atoms with E-state index in [2.05, 4.69) is 42.8 Å². The van der Waals surface area contributed by atoms with Crippen molar-refractivity contribution in [2.75, 3.05) is 18.0 Å². The SMILES string of the molecule is CCc1ncc(-c2ccc(N=O)cn2)c(N2CCC(C)(C)CC2)c1CC. The van der Waals surface area contributed by atoms with E-state index < -0.39 is 0 Å². The molecule has 138 valence electrons. The molecule has 1 aliphatic rings. The minimum atomic E-state index is 0.351. The van der Waals surface area contributed by atoms with Gasteiger partial charge >= 0.3 is 0 Å².